The zero-order valence-electron chi connectivity index (χ0n) is 14.1. The SMILES string of the molecule is O=C(O)CCC=C(COC(=O)c1cccc([N+](=O)[O-])c1)c1ccc(F)cc1. The highest BCUT2D eigenvalue weighted by atomic mass is 19.1. The number of carboxylic acids is 1. The molecule has 0 aliphatic heterocycles. The Bertz CT molecular complexity index is 876. The van der Waals surface area contributed by atoms with Crippen LogP contribution in [0.1, 0.15) is 28.8 Å². The molecule has 0 aliphatic rings. The minimum atomic E-state index is -0.974. The summed E-state index contributed by atoms with van der Waals surface area (Å²) in [6, 6.07) is 10.6. The minimum Gasteiger partial charge on any atom is -0.481 e. The summed E-state index contributed by atoms with van der Waals surface area (Å²) in [5.74, 6) is -2.17. The van der Waals surface area contributed by atoms with Crippen LogP contribution in [0.4, 0.5) is 10.1 Å². The van der Waals surface area contributed by atoms with Crippen molar-refractivity contribution in [3.8, 4) is 0 Å². The Labute approximate surface area is 153 Å². The van der Waals surface area contributed by atoms with Crippen molar-refractivity contribution in [2.75, 3.05) is 6.61 Å². The van der Waals surface area contributed by atoms with Crippen molar-refractivity contribution in [1.82, 2.24) is 0 Å². The molecule has 0 aliphatic carbocycles. The van der Waals surface area contributed by atoms with Gasteiger partial charge in [0.25, 0.3) is 5.69 Å². The van der Waals surface area contributed by atoms with Gasteiger partial charge in [0, 0.05) is 18.6 Å². The zero-order valence-corrected chi connectivity index (χ0v) is 14.1. The number of nitro groups is 1. The molecule has 140 valence electrons. The molecule has 0 saturated heterocycles. The van der Waals surface area contributed by atoms with Gasteiger partial charge in [0.05, 0.1) is 10.5 Å². The molecule has 0 radical (unpaired) electrons. The molecule has 0 saturated carbocycles. The predicted octanol–water partition coefficient (Wildman–Crippen LogP) is 3.84. The van der Waals surface area contributed by atoms with Gasteiger partial charge in [0.2, 0.25) is 0 Å². The second-order valence-corrected chi connectivity index (χ2v) is 5.55. The monoisotopic (exact) mass is 373 g/mol. The van der Waals surface area contributed by atoms with E-state index in [-0.39, 0.29) is 30.7 Å². The molecular weight excluding hydrogens is 357 g/mol. The van der Waals surface area contributed by atoms with Crippen molar-refractivity contribution in [2.24, 2.45) is 0 Å². The lowest BCUT2D eigenvalue weighted by molar-refractivity contribution is -0.384. The largest absolute Gasteiger partial charge is 0.481 e. The number of hydrogen-bond donors (Lipinski definition) is 1. The molecule has 0 atom stereocenters. The van der Waals surface area contributed by atoms with E-state index >= 15 is 0 Å². The molecule has 0 bridgehead atoms. The molecule has 0 heterocycles. The van der Waals surface area contributed by atoms with Crippen molar-refractivity contribution in [3.63, 3.8) is 0 Å². The summed E-state index contributed by atoms with van der Waals surface area (Å²) in [7, 11) is 0. The van der Waals surface area contributed by atoms with E-state index in [1.807, 2.05) is 0 Å². The summed E-state index contributed by atoms with van der Waals surface area (Å²) < 4.78 is 18.3. The lowest BCUT2D eigenvalue weighted by Crippen LogP contribution is -2.08. The first-order valence-electron chi connectivity index (χ1n) is 7.95. The molecule has 0 unspecified atom stereocenters. The van der Waals surface area contributed by atoms with Crippen molar-refractivity contribution in [1.29, 1.82) is 0 Å². The summed E-state index contributed by atoms with van der Waals surface area (Å²) in [5, 5.41) is 19.5. The molecule has 2 aromatic carbocycles. The summed E-state index contributed by atoms with van der Waals surface area (Å²) in [4.78, 5) is 33.0. The molecule has 1 N–H and O–H groups in total. The van der Waals surface area contributed by atoms with Crippen molar-refractivity contribution in [3.05, 3.63) is 81.7 Å². The van der Waals surface area contributed by atoms with Gasteiger partial charge in [0.1, 0.15) is 12.4 Å². The number of allylic oxidation sites excluding steroid dienone is 1. The van der Waals surface area contributed by atoms with Crippen LogP contribution < -0.4 is 0 Å². The molecule has 2 rings (SSSR count). The summed E-state index contributed by atoms with van der Waals surface area (Å²) >= 11 is 0. The van der Waals surface area contributed by atoms with E-state index in [0.29, 0.717) is 11.1 Å². The molecule has 0 amide bonds. The van der Waals surface area contributed by atoms with Gasteiger partial charge >= 0.3 is 11.9 Å². The second-order valence-electron chi connectivity index (χ2n) is 5.55. The number of nitro benzene ring substituents is 1. The fraction of sp³-hybridized carbons (Fsp3) is 0.158. The summed E-state index contributed by atoms with van der Waals surface area (Å²) in [6.07, 6.45) is 1.70. The van der Waals surface area contributed by atoms with Gasteiger partial charge < -0.3 is 9.84 Å². The first-order chi connectivity index (χ1) is 12.9. The average Bonchev–Trinajstić information content (AvgIpc) is 2.65. The number of carboxylic acid groups (broad SMARTS) is 1. The quantitative estimate of drug-likeness (QED) is 0.428. The van der Waals surface area contributed by atoms with Gasteiger partial charge in [-0.15, -0.1) is 0 Å². The lowest BCUT2D eigenvalue weighted by Gasteiger charge is -2.10. The first-order valence-corrected chi connectivity index (χ1v) is 7.95. The van der Waals surface area contributed by atoms with Crippen LogP contribution >= 0.6 is 0 Å². The van der Waals surface area contributed by atoms with Crippen molar-refractivity contribution < 1.29 is 28.7 Å². The van der Waals surface area contributed by atoms with E-state index in [1.165, 1.54) is 42.5 Å². The molecule has 27 heavy (non-hydrogen) atoms. The highest BCUT2D eigenvalue weighted by Crippen LogP contribution is 2.19. The number of rotatable bonds is 8. The minimum absolute atomic E-state index is 0.0215. The number of ether oxygens (including phenoxy) is 1. The summed E-state index contributed by atoms with van der Waals surface area (Å²) in [6.45, 7) is -0.188. The molecule has 2 aromatic rings. The van der Waals surface area contributed by atoms with Crippen LogP contribution in [0.25, 0.3) is 5.57 Å². The smallest absolute Gasteiger partial charge is 0.338 e. The van der Waals surface area contributed by atoms with Gasteiger partial charge in [-0.1, -0.05) is 24.3 Å². The maximum atomic E-state index is 13.1. The van der Waals surface area contributed by atoms with Crippen LogP contribution in [0, 0.1) is 15.9 Å². The second kappa shape index (κ2) is 9.23. The molecular formula is C19H16FNO6. The van der Waals surface area contributed by atoms with E-state index in [2.05, 4.69) is 0 Å². The van der Waals surface area contributed by atoms with Crippen LogP contribution in [0.15, 0.2) is 54.6 Å². The Balaban J connectivity index is 2.13. The number of hydrogen-bond acceptors (Lipinski definition) is 5. The molecule has 7 nitrogen and oxygen atoms in total. The van der Waals surface area contributed by atoms with Crippen LogP contribution in [-0.4, -0.2) is 28.6 Å². The van der Waals surface area contributed by atoms with Gasteiger partial charge in [-0.25, -0.2) is 9.18 Å². The maximum Gasteiger partial charge on any atom is 0.338 e. The van der Waals surface area contributed by atoms with Crippen LogP contribution in [0.2, 0.25) is 0 Å². The fourth-order valence-electron chi connectivity index (χ4n) is 2.27. The highest BCUT2D eigenvalue weighted by molar-refractivity contribution is 5.90. The standard InChI is InChI=1S/C19H16FNO6/c20-16-9-7-13(8-10-16)15(4-2-6-18(22)23)12-27-19(24)14-3-1-5-17(11-14)21(25)26/h1,3-5,7-11H,2,6,12H2,(H,22,23). The number of aliphatic carboxylic acids is 1. The molecule has 0 spiro atoms. The van der Waals surface area contributed by atoms with E-state index in [1.54, 1.807) is 6.08 Å². The van der Waals surface area contributed by atoms with Crippen molar-refractivity contribution in [2.45, 2.75) is 12.8 Å². The van der Waals surface area contributed by atoms with Crippen LogP contribution in [0.5, 0.6) is 0 Å². The lowest BCUT2D eigenvalue weighted by atomic mass is 10.0. The highest BCUT2D eigenvalue weighted by Gasteiger charge is 2.14. The first kappa shape index (κ1) is 19.8. The number of nitrogens with zero attached hydrogens (tertiary/aromatic N) is 1. The van der Waals surface area contributed by atoms with E-state index in [9.17, 15) is 24.1 Å². The zero-order chi connectivity index (χ0) is 19.8. The maximum absolute atomic E-state index is 13.1. The Kier molecular flexibility index (Phi) is 6.76. The molecule has 8 heteroatoms. The third-order valence-electron chi connectivity index (χ3n) is 3.62. The number of esters is 1. The Hall–Kier alpha value is -3.55. The van der Waals surface area contributed by atoms with Crippen molar-refractivity contribution >= 4 is 23.2 Å². The molecule has 0 fully saturated rings. The van der Waals surface area contributed by atoms with E-state index in [4.69, 9.17) is 9.84 Å². The normalized spacial score (nSPS) is 11.1. The Morgan fingerprint density at radius 2 is 1.85 bits per heavy atom. The predicted molar refractivity (Wildman–Crippen MR) is 94.6 cm³/mol. The Morgan fingerprint density at radius 1 is 1.15 bits per heavy atom. The van der Waals surface area contributed by atoms with Gasteiger partial charge in [-0.2, -0.15) is 0 Å². The number of carbonyl (C=O) groups is 2. The third kappa shape index (κ3) is 6.03. The summed E-state index contributed by atoms with van der Waals surface area (Å²) in [5.41, 5.74) is 0.872. The topological polar surface area (TPSA) is 107 Å². The van der Waals surface area contributed by atoms with Crippen LogP contribution in [-0.2, 0) is 9.53 Å². The number of halogens is 1. The molecule has 0 aromatic heterocycles. The fourth-order valence-corrected chi connectivity index (χ4v) is 2.27. The number of benzene rings is 2. The number of non-ortho nitro benzene ring substituents is 1. The van der Waals surface area contributed by atoms with E-state index in [0.717, 1.165) is 6.07 Å². The number of carbonyl (C=O) groups excluding carboxylic acids is 1. The Morgan fingerprint density at radius 3 is 2.48 bits per heavy atom. The van der Waals surface area contributed by atoms with Gasteiger partial charge in [-0.3, -0.25) is 14.9 Å². The third-order valence-corrected chi connectivity index (χ3v) is 3.62. The van der Waals surface area contributed by atoms with Gasteiger partial charge in [-0.05, 0) is 35.8 Å². The van der Waals surface area contributed by atoms with Crippen LogP contribution in [0.3, 0.4) is 0 Å². The average molecular weight is 373 g/mol. The van der Waals surface area contributed by atoms with E-state index < -0.39 is 22.7 Å². The van der Waals surface area contributed by atoms with Gasteiger partial charge in [0.15, 0.2) is 0 Å².